The minimum Gasteiger partial charge on any atom is -0.479 e. The second-order valence-corrected chi connectivity index (χ2v) is 4.55. The molecule has 0 saturated heterocycles. The Morgan fingerprint density at radius 2 is 2.11 bits per heavy atom. The number of aryl methyl sites for hydroxylation is 1. The Morgan fingerprint density at radius 1 is 1.44 bits per heavy atom. The molecule has 0 spiro atoms. The summed E-state index contributed by atoms with van der Waals surface area (Å²) in [5.41, 5.74) is 0.366. The summed E-state index contributed by atoms with van der Waals surface area (Å²) >= 11 is 0. The fourth-order valence-corrected chi connectivity index (χ4v) is 1.54. The largest absolute Gasteiger partial charge is 0.479 e. The smallest absolute Gasteiger partial charge is 0.331 e. The number of tetrazole rings is 1. The summed E-state index contributed by atoms with van der Waals surface area (Å²) in [6.07, 6.45) is 1.62. The highest BCUT2D eigenvalue weighted by Gasteiger charge is 2.34. The van der Waals surface area contributed by atoms with Crippen molar-refractivity contribution in [3.05, 3.63) is 11.9 Å². The van der Waals surface area contributed by atoms with Gasteiger partial charge in [0.1, 0.15) is 0 Å². The van der Waals surface area contributed by atoms with E-state index in [2.05, 4.69) is 20.6 Å². The third-order valence-electron chi connectivity index (χ3n) is 3.00. The summed E-state index contributed by atoms with van der Waals surface area (Å²) in [6, 6.07) is 0. The molecule has 0 saturated carbocycles. The van der Waals surface area contributed by atoms with E-state index >= 15 is 0 Å². The number of hydrogen-bond donors (Lipinski definition) is 1. The van der Waals surface area contributed by atoms with Crippen LogP contribution in [0.25, 0.3) is 11.4 Å². The van der Waals surface area contributed by atoms with Gasteiger partial charge in [-0.2, -0.15) is 5.10 Å². The van der Waals surface area contributed by atoms with Crippen LogP contribution in [0.2, 0.25) is 0 Å². The maximum absolute atomic E-state index is 11.3. The lowest BCUT2D eigenvalue weighted by Gasteiger charge is -2.20. The fourth-order valence-electron chi connectivity index (χ4n) is 1.54. The van der Waals surface area contributed by atoms with E-state index in [0.717, 1.165) is 11.3 Å². The van der Waals surface area contributed by atoms with Crippen LogP contribution >= 0.6 is 0 Å². The van der Waals surface area contributed by atoms with Crippen LogP contribution < -0.4 is 0 Å². The van der Waals surface area contributed by atoms with Crippen molar-refractivity contribution in [2.45, 2.75) is 26.3 Å². The number of hydrogen-bond acceptors (Lipinski definition) is 5. The zero-order valence-corrected chi connectivity index (χ0v) is 10.6. The van der Waals surface area contributed by atoms with Crippen LogP contribution in [0.1, 0.15) is 19.5 Å². The summed E-state index contributed by atoms with van der Waals surface area (Å²) in [5.74, 6) is -0.606. The molecule has 0 bridgehead atoms. The number of aromatic nitrogens is 6. The van der Waals surface area contributed by atoms with E-state index in [1.54, 1.807) is 31.8 Å². The van der Waals surface area contributed by atoms with Gasteiger partial charge in [0, 0.05) is 12.7 Å². The minimum atomic E-state index is -1.22. The zero-order valence-electron chi connectivity index (χ0n) is 10.6. The van der Waals surface area contributed by atoms with Gasteiger partial charge in [0.2, 0.25) is 0 Å². The Balaban J connectivity index is 2.59. The number of nitrogens with zero attached hydrogens (tertiary/aromatic N) is 6. The number of carboxylic acid groups (broad SMARTS) is 1. The van der Waals surface area contributed by atoms with Crippen molar-refractivity contribution in [1.82, 2.24) is 30.0 Å². The maximum Gasteiger partial charge on any atom is 0.331 e. The van der Waals surface area contributed by atoms with Crippen molar-refractivity contribution < 1.29 is 9.90 Å². The molecule has 2 rings (SSSR count). The van der Waals surface area contributed by atoms with Crippen LogP contribution in [0, 0.1) is 6.92 Å². The molecule has 0 aliphatic carbocycles. The molecule has 0 fully saturated rings. The molecule has 0 radical (unpaired) electrons. The first-order valence-electron chi connectivity index (χ1n) is 5.37. The van der Waals surface area contributed by atoms with Crippen molar-refractivity contribution in [2.75, 3.05) is 0 Å². The first-order chi connectivity index (χ1) is 8.35. The Labute approximate surface area is 103 Å². The molecule has 0 atom stereocenters. The van der Waals surface area contributed by atoms with Crippen LogP contribution in [0.3, 0.4) is 0 Å². The third-order valence-corrected chi connectivity index (χ3v) is 3.00. The van der Waals surface area contributed by atoms with Gasteiger partial charge in [-0.25, -0.2) is 9.48 Å². The molecule has 0 aromatic carbocycles. The van der Waals surface area contributed by atoms with Gasteiger partial charge in [0.15, 0.2) is 11.4 Å². The van der Waals surface area contributed by atoms with Gasteiger partial charge in [-0.1, -0.05) is 0 Å². The Hall–Kier alpha value is -2.25. The lowest BCUT2D eigenvalue weighted by molar-refractivity contribution is -0.146. The van der Waals surface area contributed by atoms with Gasteiger partial charge in [-0.05, 0) is 31.2 Å². The summed E-state index contributed by atoms with van der Waals surface area (Å²) in [4.78, 5) is 11.3. The van der Waals surface area contributed by atoms with Crippen LogP contribution in [0.5, 0.6) is 0 Å². The molecular formula is C10H14N6O2. The zero-order chi connectivity index (χ0) is 13.5. The van der Waals surface area contributed by atoms with E-state index in [0.29, 0.717) is 5.82 Å². The highest BCUT2D eigenvalue weighted by atomic mass is 16.4. The Bertz CT molecular complexity index is 597. The minimum absolute atomic E-state index is 0.396. The molecule has 2 aromatic heterocycles. The van der Waals surface area contributed by atoms with Crippen molar-refractivity contribution in [3.8, 4) is 11.4 Å². The SMILES string of the molecule is Cc1c(-c2nnnn2C(C)(C)C(=O)O)cnn1C. The predicted octanol–water partition coefficient (Wildman–Crippen LogP) is 0.202. The molecule has 2 aromatic rings. The van der Waals surface area contributed by atoms with E-state index in [4.69, 9.17) is 0 Å². The fraction of sp³-hybridized carbons (Fsp3) is 0.500. The molecule has 0 unspecified atom stereocenters. The van der Waals surface area contributed by atoms with E-state index < -0.39 is 11.5 Å². The van der Waals surface area contributed by atoms with Crippen LogP contribution in [0.4, 0.5) is 0 Å². The second kappa shape index (κ2) is 3.90. The van der Waals surface area contributed by atoms with E-state index in [9.17, 15) is 9.90 Å². The molecule has 1 N–H and O–H groups in total. The molecule has 0 amide bonds. The van der Waals surface area contributed by atoms with E-state index in [1.165, 1.54) is 4.68 Å². The topological polar surface area (TPSA) is 98.7 Å². The van der Waals surface area contributed by atoms with E-state index in [1.807, 2.05) is 6.92 Å². The number of rotatable bonds is 3. The standard InChI is InChI=1S/C10H14N6O2/c1-6-7(5-11-15(6)4)8-12-13-14-16(8)10(2,3)9(17)18/h5H,1-4H3,(H,17,18). The normalized spacial score (nSPS) is 11.8. The number of carbonyl (C=O) groups is 1. The Kier molecular flexibility index (Phi) is 2.64. The third kappa shape index (κ3) is 1.66. The van der Waals surface area contributed by atoms with E-state index in [-0.39, 0.29) is 0 Å². The molecule has 18 heavy (non-hydrogen) atoms. The Morgan fingerprint density at radius 3 is 2.61 bits per heavy atom. The molecule has 8 nitrogen and oxygen atoms in total. The summed E-state index contributed by atoms with van der Waals surface area (Å²) < 4.78 is 2.97. The van der Waals surface area contributed by atoms with Gasteiger partial charge in [0.25, 0.3) is 0 Å². The van der Waals surface area contributed by atoms with Crippen molar-refractivity contribution >= 4 is 5.97 Å². The highest BCUT2D eigenvalue weighted by Crippen LogP contribution is 2.24. The first-order valence-corrected chi connectivity index (χ1v) is 5.37. The van der Waals surface area contributed by atoms with Crippen LogP contribution in [-0.4, -0.2) is 41.1 Å². The average molecular weight is 250 g/mol. The summed E-state index contributed by atoms with van der Waals surface area (Å²) in [5, 5.41) is 24.6. The lowest BCUT2D eigenvalue weighted by atomic mass is 10.1. The van der Waals surface area contributed by atoms with Gasteiger partial charge in [-0.3, -0.25) is 4.68 Å². The molecular weight excluding hydrogens is 236 g/mol. The number of carboxylic acids is 1. The summed E-state index contributed by atoms with van der Waals surface area (Å²) in [7, 11) is 1.80. The highest BCUT2D eigenvalue weighted by molar-refractivity contribution is 5.76. The lowest BCUT2D eigenvalue weighted by Crippen LogP contribution is -2.37. The maximum atomic E-state index is 11.3. The van der Waals surface area contributed by atoms with Crippen LogP contribution in [0.15, 0.2) is 6.20 Å². The first kappa shape index (κ1) is 12.2. The predicted molar refractivity (Wildman–Crippen MR) is 61.7 cm³/mol. The summed E-state index contributed by atoms with van der Waals surface area (Å²) in [6.45, 7) is 4.96. The second-order valence-electron chi connectivity index (χ2n) is 4.55. The molecule has 8 heteroatoms. The monoisotopic (exact) mass is 250 g/mol. The van der Waals surface area contributed by atoms with Crippen molar-refractivity contribution in [1.29, 1.82) is 0 Å². The van der Waals surface area contributed by atoms with Crippen molar-refractivity contribution in [3.63, 3.8) is 0 Å². The molecule has 2 heterocycles. The van der Waals surface area contributed by atoms with Crippen molar-refractivity contribution in [2.24, 2.45) is 7.05 Å². The van der Waals surface area contributed by atoms with Gasteiger partial charge in [-0.15, -0.1) is 5.10 Å². The quantitative estimate of drug-likeness (QED) is 0.835. The van der Waals surface area contributed by atoms with Gasteiger partial charge in [0.05, 0.1) is 11.8 Å². The van der Waals surface area contributed by atoms with Gasteiger partial charge < -0.3 is 5.11 Å². The number of aliphatic carboxylic acids is 1. The molecule has 0 aliphatic rings. The average Bonchev–Trinajstić information content (AvgIpc) is 2.87. The van der Waals surface area contributed by atoms with Crippen LogP contribution in [-0.2, 0) is 17.4 Å². The molecule has 96 valence electrons. The van der Waals surface area contributed by atoms with Gasteiger partial charge >= 0.3 is 5.97 Å². The molecule has 0 aliphatic heterocycles.